The van der Waals surface area contributed by atoms with Crippen molar-refractivity contribution in [2.75, 3.05) is 5.32 Å². The zero-order valence-corrected chi connectivity index (χ0v) is 12.2. The van der Waals surface area contributed by atoms with E-state index in [1.54, 1.807) is 0 Å². The van der Waals surface area contributed by atoms with Gasteiger partial charge in [0, 0.05) is 15.5 Å². The molecule has 96 valence electrons. The number of nitrogens with one attached hydrogen (secondary N) is 1. The average molecular weight is 323 g/mol. The molecule has 0 spiro atoms. The normalized spacial score (nSPS) is 10.2. The number of halogens is 1. The summed E-state index contributed by atoms with van der Waals surface area (Å²) in [6.45, 7) is 0. The first-order valence-electron chi connectivity index (χ1n) is 6.23. The summed E-state index contributed by atoms with van der Waals surface area (Å²) >= 11 is 3.41. The number of fused-ring (bicyclic) bond motifs is 1. The van der Waals surface area contributed by atoms with E-state index >= 15 is 0 Å². The van der Waals surface area contributed by atoms with Crippen LogP contribution in [0.4, 0.5) is 11.4 Å². The van der Waals surface area contributed by atoms with Crippen LogP contribution in [0.2, 0.25) is 0 Å². The Morgan fingerprint density at radius 2 is 1.55 bits per heavy atom. The van der Waals surface area contributed by atoms with Crippen molar-refractivity contribution in [1.29, 1.82) is 5.26 Å². The van der Waals surface area contributed by atoms with E-state index in [0.717, 1.165) is 21.2 Å². The molecule has 0 aliphatic rings. The van der Waals surface area contributed by atoms with Crippen molar-refractivity contribution in [3.63, 3.8) is 0 Å². The highest BCUT2D eigenvalue weighted by atomic mass is 79.9. The summed E-state index contributed by atoms with van der Waals surface area (Å²) in [5, 5.41) is 14.9. The SMILES string of the molecule is N#Cc1c(Br)cccc1Nc1cccc2ccccc12. The van der Waals surface area contributed by atoms with Crippen LogP contribution in [-0.4, -0.2) is 0 Å². The molecule has 0 aliphatic heterocycles. The van der Waals surface area contributed by atoms with Crippen LogP contribution >= 0.6 is 15.9 Å². The monoisotopic (exact) mass is 322 g/mol. The van der Waals surface area contributed by atoms with Gasteiger partial charge in [0.25, 0.3) is 0 Å². The third-order valence-electron chi connectivity index (χ3n) is 3.18. The van der Waals surface area contributed by atoms with Crippen LogP contribution in [0.3, 0.4) is 0 Å². The number of hydrogen-bond acceptors (Lipinski definition) is 2. The lowest BCUT2D eigenvalue weighted by Crippen LogP contribution is -1.95. The standard InChI is InChI=1S/C17H11BrN2/c18-15-8-4-10-17(14(15)11-19)20-16-9-3-6-12-5-1-2-7-13(12)16/h1-10,20H. The Morgan fingerprint density at radius 1 is 0.850 bits per heavy atom. The number of nitrogens with zero attached hydrogens (tertiary/aromatic N) is 1. The third-order valence-corrected chi connectivity index (χ3v) is 3.85. The maximum Gasteiger partial charge on any atom is 0.103 e. The minimum Gasteiger partial charge on any atom is -0.354 e. The highest BCUT2D eigenvalue weighted by Crippen LogP contribution is 2.30. The summed E-state index contributed by atoms with van der Waals surface area (Å²) in [4.78, 5) is 0. The number of benzene rings is 3. The molecular formula is C17H11BrN2. The van der Waals surface area contributed by atoms with E-state index < -0.39 is 0 Å². The summed E-state index contributed by atoms with van der Waals surface area (Å²) in [7, 11) is 0. The van der Waals surface area contributed by atoms with Crippen molar-refractivity contribution < 1.29 is 0 Å². The first kappa shape index (κ1) is 12.7. The smallest absolute Gasteiger partial charge is 0.103 e. The van der Waals surface area contributed by atoms with Gasteiger partial charge in [-0.3, -0.25) is 0 Å². The van der Waals surface area contributed by atoms with Gasteiger partial charge in [0.15, 0.2) is 0 Å². The van der Waals surface area contributed by atoms with E-state index in [9.17, 15) is 5.26 Å². The molecule has 0 saturated heterocycles. The van der Waals surface area contributed by atoms with Gasteiger partial charge in [0.05, 0.1) is 11.3 Å². The van der Waals surface area contributed by atoms with Crippen LogP contribution < -0.4 is 5.32 Å². The molecule has 2 nitrogen and oxygen atoms in total. The number of hydrogen-bond donors (Lipinski definition) is 1. The quantitative estimate of drug-likeness (QED) is 0.702. The maximum atomic E-state index is 9.27. The summed E-state index contributed by atoms with van der Waals surface area (Å²) in [6, 6.07) is 22.2. The fraction of sp³-hybridized carbons (Fsp3) is 0. The number of rotatable bonds is 2. The first-order valence-corrected chi connectivity index (χ1v) is 7.02. The summed E-state index contributed by atoms with van der Waals surface area (Å²) in [5.74, 6) is 0. The molecule has 3 rings (SSSR count). The molecule has 0 amide bonds. The third kappa shape index (κ3) is 2.26. The molecule has 3 heteroatoms. The second-order valence-corrected chi connectivity index (χ2v) is 5.28. The molecular weight excluding hydrogens is 312 g/mol. The summed E-state index contributed by atoms with van der Waals surface area (Å²) < 4.78 is 0.797. The first-order chi connectivity index (χ1) is 9.79. The Morgan fingerprint density at radius 3 is 2.40 bits per heavy atom. The van der Waals surface area contributed by atoms with Gasteiger partial charge in [-0.25, -0.2) is 0 Å². The van der Waals surface area contributed by atoms with Crippen LogP contribution in [0.5, 0.6) is 0 Å². The van der Waals surface area contributed by atoms with Gasteiger partial charge < -0.3 is 5.32 Å². The zero-order chi connectivity index (χ0) is 13.9. The van der Waals surface area contributed by atoms with E-state index in [4.69, 9.17) is 0 Å². The van der Waals surface area contributed by atoms with Crippen molar-refractivity contribution in [3.05, 3.63) is 70.7 Å². The van der Waals surface area contributed by atoms with Gasteiger partial charge in [-0.15, -0.1) is 0 Å². The second-order valence-electron chi connectivity index (χ2n) is 4.43. The largest absolute Gasteiger partial charge is 0.354 e. The molecule has 0 atom stereocenters. The van der Waals surface area contributed by atoms with E-state index in [0.29, 0.717) is 5.56 Å². The lowest BCUT2D eigenvalue weighted by Gasteiger charge is -2.11. The van der Waals surface area contributed by atoms with E-state index in [1.165, 1.54) is 5.39 Å². The Balaban J connectivity index is 2.11. The van der Waals surface area contributed by atoms with Crippen molar-refractivity contribution in [2.24, 2.45) is 0 Å². The van der Waals surface area contributed by atoms with Gasteiger partial charge in [0.1, 0.15) is 6.07 Å². The molecule has 20 heavy (non-hydrogen) atoms. The predicted molar refractivity (Wildman–Crippen MR) is 86.1 cm³/mol. The molecule has 3 aromatic carbocycles. The molecule has 0 bridgehead atoms. The zero-order valence-electron chi connectivity index (χ0n) is 10.6. The summed E-state index contributed by atoms with van der Waals surface area (Å²) in [6.07, 6.45) is 0. The lowest BCUT2D eigenvalue weighted by atomic mass is 10.1. The molecule has 0 aliphatic carbocycles. The molecule has 1 N–H and O–H groups in total. The predicted octanol–water partition coefficient (Wildman–Crippen LogP) is 5.22. The highest BCUT2D eigenvalue weighted by Gasteiger charge is 2.07. The molecule has 0 radical (unpaired) electrons. The number of nitriles is 1. The molecule has 3 aromatic rings. The van der Waals surface area contributed by atoms with E-state index in [2.05, 4.69) is 45.5 Å². The van der Waals surface area contributed by atoms with Crippen LogP contribution in [0.1, 0.15) is 5.56 Å². The molecule has 0 aromatic heterocycles. The Hall–Kier alpha value is -2.31. The minimum atomic E-state index is 0.612. The van der Waals surface area contributed by atoms with Crippen molar-refractivity contribution in [1.82, 2.24) is 0 Å². The van der Waals surface area contributed by atoms with Gasteiger partial charge in [-0.05, 0) is 39.5 Å². The fourth-order valence-corrected chi connectivity index (χ4v) is 2.68. The van der Waals surface area contributed by atoms with Gasteiger partial charge in [-0.2, -0.15) is 5.26 Å². The Bertz CT molecular complexity index is 813. The Labute approximate surface area is 125 Å². The van der Waals surface area contributed by atoms with Crippen molar-refractivity contribution >= 4 is 38.1 Å². The topological polar surface area (TPSA) is 35.8 Å². The highest BCUT2D eigenvalue weighted by molar-refractivity contribution is 9.10. The maximum absolute atomic E-state index is 9.27. The van der Waals surface area contributed by atoms with Crippen LogP contribution in [0.15, 0.2) is 65.1 Å². The average Bonchev–Trinajstić information content (AvgIpc) is 2.48. The van der Waals surface area contributed by atoms with Gasteiger partial charge >= 0.3 is 0 Å². The molecule has 0 fully saturated rings. The Kier molecular flexibility index (Phi) is 3.41. The van der Waals surface area contributed by atoms with Crippen LogP contribution in [0, 0.1) is 11.3 Å². The molecule has 0 saturated carbocycles. The van der Waals surface area contributed by atoms with Crippen molar-refractivity contribution in [3.8, 4) is 6.07 Å². The van der Waals surface area contributed by atoms with E-state index in [1.807, 2.05) is 42.5 Å². The van der Waals surface area contributed by atoms with E-state index in [-0.39, 0.29) is 0 Å². The minimum absolute atomic E-state index is 0.612. The van der Waals surface area contributed by atoms with Crippen LogP contribution in [-0.2, 0) is 0 Å². The lowest BCUT2D eigenvalue weighted by molar-refractivity contribution is 1.45. The second kappa shape index (κ2) is 5.36. The number of anilines is 2. The summed E-state index contributed by atoms with van der Waals surface area (Å²) in [5.41, 5.74) is 2.41. The van der Waals surface area contributed by atoms with Gasteiger partial charge in [0.2, 0.25) is 0 Å². The van der Waals surface area contributed by atoms with Gasteiger partial charge in [-0.1, -0.05) is 42.5 Å². The fourth-order valence-electron chi connectivity index (χ4n) is 2.22. The van der Waals surface area contributed by atoms with Crippen LogP contribution in [0.25, 0.3) is 10.8 Å². The van der Waals surface area contributed by atoms with Crippen molar-refractivity contribution in [2.45, 2.75) is 0 Å². The molecule has 0 heterocycles. The molecule has 0 unspecified atom stereocenters.